The molecule has 0 atom stereocenters. The van der Waals surface area contributed by atoms with Crippen LogP contribution in [-0.4, -0.2) is 35.8 Å². The number of nitrogens with one attached hydrogen (secondary N) is 1. The van der Waals surface area contributed by atoms with E-state index in [-0.39, 0.29) is 10.8 Å². The monoisotopic (exact) mass is 476 g/mol. The zero-order valence-electron chi connectivity index (χ0n) is 19.7. The zero-order valence-corrected chi connectivity index (χ0v) is 20.6. The summed E-state index contributed by atoms with van der Waals surface area (Å²) in [5.41, 5.74) is 4.35. The van der Waals surface area contributed by atoms with Crippen LogP contribution >= 0.6 is 0 Å². The lowest BCUT2D eigenvalue weighted by molar-refractivity contribution is 0.0780. The summed E-state index contributed by atoms with van der Waals surface area (Å²) >= 11 is 0. The van der Waals surface area contributed by atoms with E-state index in [1.165, 1.54) is 0 Å². The summed E-state index contributed by atoms with van der Waals surface area (Å²) in [6.07, 6.45) is 0. The smallest absolute Gasteiger partial charge is 0.262 e. The molecule has 7 nitrogen and oxygen atoms in total. The number of fused-ring (bicyclic) bond motifs is 1. The Morgan fingerprint density at radius 2 is 1.74 bits per heavy atom. The largest absolute Gasteiger partial charge is 0.334 e. The van der Waals surface area contributed by atoms with Crippen molar-refractivity contribution in [1.82, 2.24) is 14.5 Å². The van der Waals surface area contributed by atoms with Crippen molar-refractivity contribution in [2.45, 2.75) is 38.8 Å². The Morgan fingerprint density at radius 1 is 1.03 bits per heavy atom. The molecule has 176 valence electrons. The number of hydrogen-bond donors (Lipinski definition) is 1. The number of carbonyl (C=O) groups is 1. The van der Waals surface area contributed by atoms with Crippen LogP contribution in [0.5, 0.6) is 0 Å². The fraction of sp³-hybridized carbons (Fsp3) is 0.231. The van der Waals surface area contributed by atoms with Gasteiger partial charge in [0.1, 0.15) is 5.82 Å². The van der Waals surface area contributed by atoms with E-state index >= 15 is 0 Å². The van der Waals surface area contributed by atoms with Crippen molar-refractivity contribution < 1.29 is 13.2 Å². The first kappa shape index (κ1) is 23.5. The molecule has 1 N–H and O–H groups in total. The van der Waals surface area contributed by atoms with E-state index in [9.17, 15) is 13.2 Å². The van der Waals surface area contributed by atoms with E-state index in [4.69, 9.17) is 0 Å². The third-order valence-corrected chi connectivity index (χ3v) is 7.32. The Morgan fingerprint density at radius 3 is 2.44 bits per heavy atom. The maximum atomic E-state index is 13.0. The number of aryl methyl sites for hydroxylation is 3. The molecule has 1 heterocycles. The van der Waals surface area contributed by atoms with Crippen LogP contribution in [0.3, 0.4) is 0 Å². The summed E-state index contributed by atoms with van der Waals surface area (Å²) in [7, 11) is -2.00. The van der Waals surface area contributed by atoms with Gasteiger partial charge in [-0.1, -0.05) is 24.3 Å². The van der Waals surface area contributed by atoms with E-state index in [1.54, 1.807) is 55.3 Å². The van der Waals surface area contributed by atoms with Crippen LogP contribution in [0.1, 0.15) is 34.2 Å². The summed E-state index contributed by atoms with van der Waals surface area (Å²) in [5, 5.41) is 0. The van der Waals surface area contributed by atoms with Gasteiger partial charge in [0, 0.05) is 24.8 Å². The van der Waals surface area contributed by atoms with Gasteiger partial charge in [-0.05, 0) is 74.4 Å². The topological polar surface area (TPSA) is 84.3 Å². The number of rotatable bonds is 7. The standard InChI is InChI=1S/C26H28N4O3S/c1-5-30-23-9-7-6-8-22(23)27-25(30)17-29(4)26(31)20-12-14-21(15-13-20)28-34(32,33)24-16-18(2)10-11-19(24)3/h6-16,28H,5,17H2,1-4H3. The van der Waals surface area contributed by atoms with Gasteiger partial charge in [0.05, 0.1) is 22.5 Å². The van der Waals surface area contributed by atoms with Gasteiger partial charge in [-0.2, -0.15) is 0 Å². The number of hydrogen-bond acceptors (Lipinski definition) is 4. The van der Waals surface area contributed by atoms with Gasteiger partial charge in [0.25, 0.3) is 15.9 Å². The summed E-state index contributed by atoms with van der Waals surface area (Å²) in [5.74, 6) is 0.649. The lowest BCUT2D eigenvalue weighted by atomic mass is 10.2. The molecule has 8 heteroatoms. The first-order valence-electron chi connectivity index (χ1n) is 11.1. The number of anilines is 1. The molecule has 0 spiro atoms. The lowest BCUT2D eigenvalue weighted by Crippen LogP contribution is -2.27. The second kappa shape index (κ2) is 9.30. The fourth-order valence-electron chi connectivity index (χ4n) is 3.99. The molecule has 0 aliphatic heterocycles. The number of carbonyl (C=O) groups excluding carboxylic acids is 1. The molecule has 0 fully saturated rings. The first-order chi connectivity index (χ1) is 16.2. The van der Waals surface area contributed by atoms with Crippen molar-refractivity contribution in [3.8, 4) is 0 Å². The van der Waals surface area contributed by atoms with Crippen LogP contribution in [0.4, 0.5) is 5.69 Å². The van der Waals surface area contributed by atoms with Crippen molar-refractivity contribution in [2.75, 3.05) is 11.8 Å². The average molecular weight is 477 g/mol. The number of benzene rings is 3. The molecule has 4 aromatic rings. The number of para-hydroxylation sites is 2. The molecule has 0 unspecified atom stereocenters. The molecule has 0 bridgehead atoms. The van der Waals surface area contributed by atoms with Crippen LogP contribution in [-0.2, 0) is 23.1 Å². The summed E-state index contributed by atoms with van der Waals surface area (Å²) in [4.78, 5) is 19.6. The molecule has 1 aromatic heterocycles. The summed E-state index contributed by atoms with van der Waals surface area (Å²) < 4.78 is 30.4. The van der Waals surface area contributed by atoms with Crippen molar-refractivity contribution in [3.63, 3.8) is 0 Å². The van der Waals surface area contributed by atoms with Gasteiger partial charge in [-0.3, -0.25) is 9.52 Å². The highest BCUT2D eigenvalue weighted by Crippen LogP contribution is 2.22. The van der Waals surface area contributed by atoms with Crippen molar-refractivity contribution >= 4 is 32.7 Å². The molecule has 1 amide bonds. The highest BCUT2D eigenvalue weighted by atomic mass is 32.2. The molecule has 0 aliphatic carbocycles. The highest BCUT2D eigenvalue weighted by Gasteiger charge is 2.19. The van der Waals surface area contributed by atoms with Gasteiger partial charge < -0.3 is 9.47 Å². The zero-order chi connectivity index (χ0) is 24.5. The van der Waals surface area contributed by atoms with Gasteiger partial charge in [0.15, 0.2) is 0 Å². The summed E-state index contributed by atoms with van der Waals surface area (Å²) in [6.45, 7) is 6.79. The Kier molecular flexibility index (Phi) is 6.43. The number of nitrogens with zero attached hydrogens (tertiary/aromatic N) is 3. The van der Waals surface area contributed by atoms with Crippen molar-refractivity contribution in [1.29, 1.82) is 0 Å². The second-order valence-corrected chi connectivity index (χ2v) is 10.0. The molecule has 0 saturated heterocycles. The third kappa shape index (κ3) is 4.68. The predicted molar refractivity (Wildman–Crippen MR) is 134 cm³/mol. The number of sulfonamides is 1. The van der Waals surface area contributed by atoms with Crippen LogP contribution in [0.25, 0.3) is 11.0 Å². The minimum absolute atomic E-state index is 0.168. The molecular formula is C26H28N4O3S. The molecule has 34 heavy (non-hydrogen) atoms. The molecular weight excluding hydrogens is 448 g/mol. The van der Waals surface area contributed by atoms with Crippen LogP contribution in [0.15, 0.2) is 71.6 Å². The van der Waals surface area contributed by atoms with E-state index in [0.717, 1.165) is 29.0 Å². The highest BCUT2D eigenvalue weighted by molar-refractivity contribution is 7.92. The molecule has 4 rings (SSSR count). The maximum Gasteiger partial charge on any atom is 0.262 e. The van der Waals surface area contributed by atoms with Crippen molar-refractivity contribution in [3.05, 3.63) is 89.2 Å². The minimum Gasteiger partial charge on any atom is -0.334 e. The molecule has 3 aromatic carbocycles. The van der Waals surface area contributed by atoms with Gasteiger partial charge in [-0.25, -0.2) is 13.4 Å². The average Bonchev–Trinajstić information content (AvgIpc) is 3.17. The quantitative estimate of drug-likeness (QED) is 0.417. The Labute approximate surface area is 200 Å². The minimum atomic E-state index is -3.73. The number of imidazole rings is 1. The molecule has 0 aliphatic rings. The summed E-state index contributed by atoms with van der Waals surface area (Å²) in [6, 6.07) is 19.7. The Balaban J connectivity index is 1.49. The van der Waals surface area contributed by atoms with Gasteiger partial charge >= 0.3 is 0 Å². The van der Waals surface area contributed by atoms with Gasteiger partial charge in [0.2, 0.25) is 0 Å². The fourth-order valence-corrected chi connectivity index (χ4v) is 5.38. The van der Waals surface area contributed by atoms with E-state index in [1.807, 2.05) is 37.3 Å². The third-order valence-electron chi connectivity index (χ3n) is 5.79. The van der Waals surface area contributed by atoms with Crippen LogP contribution in [0, 0.1) is 13.8 Å². The second-order valence-electron chi connectivity index (χ2n) is 8.37. The van der Waals surface area contributed by atoms with Crippen molar-refractivity contribution in [2.24, 2.45) is 0 Å². The van der Waals surface area contributed by atoms with E-state index < -0.39 is 10.0 Å². The number of aromatic nitrogens is 2. The normalized spacial score (nSPS) is 11.5. The Hall–Kier alpha value is -3.65. The number of amides is 1. The SMILES string of the molecule is CCn1c(CN(C)C(=O)c2ccc(NS(=O)(=O)c3cc(C)ccc3C)cc2)nc2ccccc21. The van der Waals surface area contributed by atoms with E-state index in [0.29, 0.717) is 23.4 Å². The Bertz CT molecular complexity index is 1460. The van der Waals surface area contributed by atoms with E-state index in [2.05, 4.69) is 21.2 Å². The first-order valence-corrected chi connectivity index (χ1v) is 12.6. The van der Waals surface area contributed by atoms with Gasteiger partial charge in [-0.15, -0.1) is 0 Å². The lowest BCUT2D eigenvalue weighted by Gasteiger charge is -2.18. The molecule has 0 saturated carbocycles. The van der Waals surface area contributed by atoms with Crippen LogP contribution in [0.2, 0.25) is 0 Å². The molecule has 0 radical (unpaired) electrons. The predicted octanol–water partition coefficient (Wildman–Crippen LogP) is 4.75. The maximum absolute atomic E-state index is 13.0. The van der Waals surface area contributed by atoms with Crippen LogP contribution < -0.4 is 4.72 Å².